The lowest BCUT2D eigenvalue weighted by Gasteiger charge is -2.06. The molecular formula is C15H14N2O2. The number of anilines is 1. The molecule has 4 nitrogen and oxygen atoms in total. The summed E-state index contributed by atoms with van der Waals surface area (Å²) in [5.41, 5.74) is 7.35. The number of ketones is 1. The van der Waals surface area contributed by atoms with Gasteiger partial charge in [-0.25, -0.2) is 0 Å². The highest BCUT2D eigenvalue weighted by Gasteiger charge is 2.15. The number of Topliss-reactive ketones (excluding diaryl/α,β-unsaturated/α-hetero) is 1. The van der Waals surface area contributed by atoms with E-state index in [4.69, 9.17) is 5.73 Å². The van der Waals surface area contributed by atoms with Crippen molar-refractivity contribution in [1.82, 2.24) is 0 Å². The van der Waals surface area contributed by atoms with Crippen LogP contribution in [0.3, 0.4) is 0 Å². The summed E-state index contributed by atoms with van der Waals surface area (Å²) >= 11 is 0. The average molecular weight is 254 g/mol. The van der Waals surface area contributed by atoms with Gasteiger partial charge in [0, 0.05) is 17.8 Å². The maximum absolute atomic E-state index is 11.9. The van der Waals surface area contributed by atoms with Crippen LogP contribution < -0.4 is 11.1 Å². The lowest BCUT2D eigenvalue weighted by Crippen LogP contribution is -2.22. The Balaban J connectivity index is 2.11. The normalized spacial score (nSPS) is 9.95. The summed E-state index contributed by atoms with van der Waals surface area (Å²) in [5.74, 6) is -1.21. The fraction of sp³-hybridized carbons (Fsp3) is 0.0667. The summed E-state index contributed by atoms with van der Waals surface area (Å²) in [5, 5.41) is 2.57. The van der Waals surface area contributed by atoms with E-state index in [0.29, 0.717) is 17.8 Å². The molecule has 19 heavy (non-hydrogen) atoms. The molecule has 0 aliphatic rings. The van der Waals surface area contributed by atoms with Crippen molar-refractivity contribution in [3.63, 3.8) is 0 Å². The topological polar surface area (TPSA) is 72.2 Å². The maximum atomic E-state index is 11.9. The quantitative estimate of drug-likeness (QED) is 0.647. The van der Waals surface area contributed by atoms with Crippen molar-refractivity contribution in [3.8, 4) is 0 Å². The summed E-state index contributed by atoms with van der Waals surface area (Å²) in [6.45, 7) is 0.385. The van der Waals surface area contributed by atoms with E-state index in [1.807, 2.05) is 6.07 Å². The molecular weight excluding hydrogens is 240 g/mol. The van der Waals surface area contributed by atoms with Gasteiger partial charge in [0.1, 0.15) is 0 Å². The van der Waals surface area contributed by atoms with Crippen LogP contribution in [0.1, 0.15) is 15.9 Å². The molecule has 2 aromatic rings. The summed E-state index contributed by atoms with van der Waals surface area (Å²) < 4.78 is 0. The predicted molar refractivity (Wildman–Crippen MR) is 73.7 cm³/mol. The lowest BCUT2D eigenvalue weighted by molar-refractivity contribution is -0.112. The van der Waals surface area contributed by atoms with Crippen molar-refractivity contribution in [3.05, 3.63) is 65.7 Å². The van der Waals surface area contributed by atoms with Crippen LogP contribution in [0.25, 0.3) is 0 Å². The molecule has 2 rings (SSSR count). The Kier molecular flexibility index (Phi) is 4.05. The Morgan fingerprint density at radius 3 is 2.42 bits per heavy atom. The number of carbonyl (C=O) groups excluding carboxylic acids is 2. The van der Waals surface area contributed by atoms with Crippen LogP contribution in [-0.4, -0.2) is 11.7 Å². The largest absolute Gasteiger partial charge is 0.326 e. The van der Waals surface area contributed by atoms with E-state index in [1.54, 1.807) is 48.5 Å². The van der Waals surface area contributed by atoms with Crippen molar-refractivity contribution in [2.75, 3.05) is 5.32 Å². The monoisotopic (exact) mass is 254 g/mol. The van der Waals surface area contributed by atoms with Gasteiger partial charge in [-0.3, -0.25) is 9.59 Å². The van der Waals surface area contributed by atoms with Crippen LogP contribution in [0, 0.1) is 0 Å². The zero-order valence-corrected chi connectivity index (χ0v) is 10.3. The van der Waals surface area contributed by atoms with Gasteiger partial charge in [-0.2, -0.15) is 0 Å². The molecule has 1 amide bonds. The molecule has 2 aromatic carbocycles. The predicted octanol–water partition coefficient (Wildman–Crippen LogP) is 1.97. The number of hydrogen-bond donors (Lipinski definition) is 2. The van der Waals surface area contributed by atoms with Crippen molar-refractivity contribution in [1.29, 1.82) is 0 Å². The Morgan fingerprint density at radius 2 is 1.74 bits per heavy atom. The number of nitrogens with two attached hydrogens (primary N) is 1. The highest BCUT2D eigenvalue weighted by molar-refractivity contribution is 6.46. The first-order valence-corrected chi connectivity index (χ1v) is 5.90. The zero-order chi connectivity index (χ0) is 13.7. The Labute approximate surface area is 111 Å². The van der Waals surface area contributed by atoms with E-state index in [1.165, 1.54) is 0 Å². The minimum Gasteiger partial charge on any atom is -0.326 e. The van der Waals surface area contributed by atoms with Crippen LogP contribution in [0.2, 0.25) is 0 Å². The van der Waals surface area contributed by atoms with E-state index in [9.17, 15) is 9.59 Å². The van der Waals surface area contributed by atoms with Crippen molar-refractivity contribution in [2.45, 2.75) is 6.54 Å². The first-order valence-electron chi connectivity index (χ1n) is 5.90. The average Bonchev–Trinajstić information content (AvgIpc) is 2.47. The van der Waals surface area contributed by atoms with E-state index in [-0.39, 0.29) is 0 Å². The first-order chi connectivity index (χ1) is 9.20. The summed E-state index contributed by atoms with van der Waals surface area (Å²) in [4.78, 5) is 23.7. The second kappa shape index (κ2) is 5.93. The molecule has 3 N–H and O–H groups in total. The van der Waals surface area contributed by atoms with Gasteiger partial charge in [-0.05, 0) is 17.7 Å². The molecule has 0 spiro atoms. The molecule has 0 atom stereocenters. The van der Waals surface area contributed by atoms with E-state index >= 15 is 0 Å². The molecule has 96 valence electrons. The second-order valence-electron chi connectivity index (χ2n) is 4.05. The minimum atomic E-state index is -0.652. The van der Waals surface area contributed by atoms with Crippen molar-refractivity contribution in [2.24, 2.45) is 5.73 Å². The maximum Gasteiger partial charge on any atom is 0.296 e. The highest BCUT2D eigenvalue weighted by Crippen LogP contribution is 2.11. The molecule has 0 heterocycles. The molecule has 0 saturated carbocycles. The molecule has 0 saturated heterocycles. The van der Waals surface area contributed by atoms with Crippen LogP contribution >= 0.6 is 0 Å². The van der Waals surface area contributed by atoms with Crippen LogP contribution in [0.4, 0.5) is 5.69 Å². The van der Waals surface area contributed by atoms with E-state index in [0.717, 1.165) is 5.56 Å². The van der Waals surface area contributed by atoms with E-state index < -0.39 is 11.7 Å². The molecule has 0 fully saturated rings. The third-order valence-corrected chi connectivity index (χ3v) is 2.66. The van der Waals surface area contributed by atoms with Gasteiger partial charge in [0.25, 0.3) is 11.7 Å². The number of benzene rings is 2. The highest BCUT2D eigenvalue weighted by atomic mass is 16.2. The number of rotatable bonds is 4. The van der Waals surface area contributed by atoms with Crippen molar-refractivity contribution < 1.29 is 9.59 Å². The van der Waals surface area contributed by atoms with Crippen molar-refractivity contribution >= 4 is 17.4 Å². The fourth-order valence-corrected chi connectivity index (χ4v) is 1.68. The zero-order valence-electron chi connectivity index (χ0n) is 10.3. The smallest absolute Gasteiger partial charge is 0.296 e. The standard InChI is InChI=1S/C15H14N2O2/c16-10-11-5-4-8-13(9-11)17-15(19)14(18)12-6-2-1-3-7-12/h1-9H,10,16H2,(H,17,19). The van der Waals surface area contributed by atoms with E-state index in [2.05, 4.69) is 5.32 Å². The third-order valence-electron chi connectivity index (χ3n) is 2.66. The summed E-state index contributed by atoms with van der Waals surface area (Å²) in [6, 6.07) is 15.5. The summed E-state index contributed by atoms with van der Waals surface area (Å²) in [6.07, 6.45) is 0. The minimum absolute atomic E-state index is 0.370. The van der Waals surface area contributed by atoms with Gasteiger partial charge >= 0.3 is 0 Å². The Morgan fingerprint density at radius 1 is 1.00 bits per heavy atom. The number of amides is 1. The molecule has 0 radical (unpaired) electrons. The van der Waals surface area contributed by atoms with Crippen LogP contribution in [0.15, 0.2) is 54.6 Å². The Hall–Kier alpha value is -2.46. The van der Waals surface area contributed by atoms with Gasteiger partial charge in [0.05, 0.1) is 0 Å². The van der Waals surface area contributed by atoms with Gasteiger partial charge in [-0.15, -0.1) is 0 Å². The number of nitrogens with one attached hydrogen (secondary N) is 1. The summed E-state index contributed by atoms with van der Waals surface area (Å²) in [7, 11) is 0. The molecule has 0 bridgehead atoms. The van der Waals surface area contributed by atoms with Gasteiger partial charge in [0.2, 0.25) is 0 Å². The molecule has 0 aliphatic heterocycles. The number of hydrogen-bond acceptors (Lipinski definition) is 3. The molecule has 0 unspecified atom stereocenters. The second-order valence-corrected chi connectivity index (χ2v) is 4.05. The fourth-order valence-electron chi connectivity index (χ4n) is 1.68. The Bertz CT molecular complexity index is 594. The van der Waals surface area contributed by atoms with Crippen LogP contribution in [-0.2, 0) is 11.3 Å². The lowest BCUT2D eigenvalue weighted by atomic mass is 10.1. The SMILES string of the molecule is NCc1cccc(NC(=O)C(=O)c2ccccc2)c1. The molecule has 4 heteroatoms. The number of carbonyl (C=O) groups is 2. The van der Waals surface area contributed by atoms with Crippen LogP contribution in [0.5, 0.6) is 0 Å². The van der Waals surface area contributed by atoms with Gasteiger partial charge < -0.3 is 11.1 Å². The third kappa shape index (κ3) is 3.26. The molecule has 0 aliphatic carbocycles. The molecule has 0 aromatic heterocycles. The first kappa shape index (κ1) is 13.0. The van der Waals surface area contributed by atoms with Gasteiger partial charge in [-0.1, -0.05) is 42.5 Å². The van der Waals surface area contributed by atoms with Gasteiger partial charge in [0.15, 0.2) is 0 Å².